The fourth-order valence-corrected chi connectivity index (χ4v) is 4.10. The first-order chi connectivity index (χ1) is 16.0. The average molecular weight is 450 g/mol. The second-order valence-electron chi connectivity index (χ2n) is 8.11. The number of hydrogen-bond acceptors (Lipinski definition) is 5. The molecule has 1 saturated carbocycles. The molecule has 2 aromatic carbocycles. The molecule has 9 heteroatoms. The van der Waals surface area contributed by atoms with E-state index in [1.165, 1.54) is 36.7 Å². The Morgan fingerprint density at radius 2 is 1.85 bits per heavy atom. The third-order valence-electron chi connectivity index (χ3n) is 5.90. The van der Waals surface area contributed by atoms with Crippen LogP contribution in [0.2, 0.25) is 0 Å². The van der Waals surface area contributed by atoms with Gasteiger partial charge in [0.15, 0.2) is 0 Å². The first kappa shape index (κ1) is 21.0. The quantitative estimate of drug-likeness (QED) is 0.444. The Hall–Kier alpha value is -3.88. The molecule has 0 unspecified atom stereocenters. The van der Waals surface area contributed by atoms with Crippen molar-refractivity contribution in [2.75, 3.05) is 0 Å². The number of carboxylic acids is 1. The highest BCUT2D eigenvalue weighted by atomic mass is 19.1. The van der Waals surface area contributed by atoms with Gasteiger partial charge in [0.05, 0.1) is 40.6 Å². The van der Waals surface area contributed by atoms with Gasteiger partial charge in [-0.2, -0.15) is 0 Å². The van der Waals surface area contributed by atoms with Gasteiger partial charge in [-0.15, -0.1) is 0 Å². The number of aromatic amines is 1. The fraction of sp³-hybridized carbons (Fsp3) is 0.250. The van der Waals surface area contributed by atoms with Crippen molar-refractivity contribution in [3.8, 4) is 28.5 Å². The molecular weight excluding hydrogens is 430 g/mol. The van der Waals surface area contributed by atoms with Gasteiger partial charge in [0, 0.05) is 5.56 Å². The summed E-state index contributed by atoms with van der Waals surface area (Å²) in [6.45, 7) is 0. The summed E-state index contributed by atoms with van der Waals surface area (Å²) in [5, 5.41) is 9.09. The summed E-state index contributed by atoms with van der Waals surface area (Å²) in [6, 6.07) is 8.80. The van der Waals surface area contributed by atoms with Crippen molar-refractivity contribution in [3.63, 3.8) is 0 Å². The van der Waals surface area contributed by atoms with E-state index < -0.39 is 17.6 Å². The van der Waals surface area contributed by atoms with Gasteiger partial charge in [-0.3, -0.25) is 4.79 Å². The summed E-state index contributed by atoms with van der Waals surface area (Å²) >= 11 is 0. The Bertz CT molecular complexity index is 1320. The van der Waals surface area contributed by atoms with E-state index in [1.807, 2.05) is 0 Å². The molecular formula is C24H20F2N4O3. The Morgan fingerprint density at radius 1 is 1.03 bits per heavy atom. The number of nitrogens with zero attached hydrogens (tertiary/aromatic N) is 3. The van der Waals surface area contributed by atoms with Crippen LogP contribution in [0.25, 0.3) is 33.7 Å². The molecule has 0 atom stereocenters. The van der Waals surface area contributed by atoms with E-state index in [4.69, 9.17) is 9.84 Å². The lowest BCUT2D eigenvalue weighted by atomic mass is 9.87. The number of benzene rings is 2. The Kier molecular flexibility index (Phi) is 5.45. The molecule has 0 bridgehead atoms. The summed E-state index contributed by atoms with van der Waals surface area (Å²) in [7, 11) is 0. The molecule has 0 radical (unpaired) electrons. The number of hydrogen-bond donors (Lipinski definition) is 2. The van der Waals surface area contributed by atoms with Crippen molar-refractivity contribution < 1.29 is 23.4 Å². The smallest absolute Gasteiger partial charge is 0.306 e. The molecule has 2 N–H and O–H groups in total. The van der Waals surface area contributed by atoms with E-state index in [0.717, 1.165) is 0 Å². The van der Waals surface area contributed by atoms with Gasteiger partial charge in [0.25, 0.3) is 0 Å². The minimum absolute atomic E-state index is 0.0882. The van der Waals surface area contributed by atoms with Crippen LogP contribution in [0.15, 0.2) is 48.8 Å². The average Bonchev–Trinajstić information content (AvgIpc) is 3.22. The molecule has 33 heavy (non-hydrogen) atoms. The number of fused-ring (bicyclic) bond motifs is 1. The Balaban J connectivity index is 1.29. The van der Waals surface area contributed by atoms with E-state index in [0.29, 0.717) is 59.7 Å². The number of halogens is 2. The summed E-state index contributed by atoms with van der Waals surface area (Å²) in [4.78, 5) is 26.9. The van der Waals surface area contributed by atoms with Crippen molar-refractivity contribution in [2.45, 2.75) is 31.8 Å². The highest BCUT2D eigenvalue weighted by Crippen LogP contribution is 2.29. The molecule has 1 aliphatic rings. The van der Waals surface area contributed by atoms with E-state index >= 15 is 0 Å². The van der Waals surface area contributed by atoms with Crippen LogP contribution in [0.4, 0.5) is 8.78 Å². The Morgan fingerprint density at radius 3 is 2.55 bits per heavy atom. The third kappa shape index (κ3) is 4.39. The topological polar surface area (TPSA) is 101 Å². The van der Waals surface area contributed by atoms with Crippen molar-refractivity contribution >= 4 is 17.0 Å². The van der Waals surface area contributed by atoms with Gasteiger partial charge in [0.2, 0.25) is 5.88 Å². The van der Waals surface area contributed by atoms with Gasteiger partial charge < -0.3 is 14.8 Å². The summed E-state index contributed by atoms with van der Waals surface area (Å²) in [5.74, 6) is -1.30. The van der Waals surface area contributed by atoms with Gasteiger partial charge in [0.1, 0.15) is 23.6 Å². The molecule has 5 rings (SSSR count). The van der Waals surface area contributed by atoms with Crippen LogP contribution < -0.4 is 4.74 Å². The number of rotatable bonds is 5. The predicted octanol–water partition coefficient (Wildman–Crippen LogP) is 4.99. The summed E-state index contributed by atoms with van der Waals surface area (Å²) in [6.07, 6.45) is 5.38. The molecule has 168 valence electrons. The second-order valence-corrected chi connectivity index (χ2v) is 8.11. The number of H-pyrrole nitrogens is 1. The zero-order chi connectivity index (χ0) is 22.9. The van der Waals surface area contributed by atoms with Gasteiger partial charge in [-0.05, 0) is 56.0 Å². The Labute approximate surface area is 187 Å². The maximum atomic E-state index is 14.9. The first-order valence-electron chi connectivity index (χ1n) is 10.6. The molecule has 7 nitrogen and oxygen atoms in total. The van der Waals surface area contributed by atoms with Crippen LogP contribution in [0.3, 0.4) is 0 Å². The van der Waals surface area contributed by atoms with Crippen molar-refractivity contribution in [3.05, 3.63) is 60.4 Å². The number of carbonyl (C=O) groups is 1. The SMILES string of the molecule is O=C(O)[C@H]1CC[C@H](Oc2cnc(-c3ccc(-c4nc5ccc(F)cc5[nH]4)c(F)c3)cn2)CC1. The van der Waals surface area contributed by atoms with E-state index in [1.54, 1.807) is 12.1 Å². The zero-order valence-corrected chi connectivity index (χ0v) is 17.5. The number of imidazole rings is 1. The van der Waals surface area contributed by atoms with Crippen LogP contribution in [0.5, 0.6) is 5.88 Å². The van der Waals surface area contributed by atoms with Crippen LogP contribution in [0.1, 0.15) is 25.7 Å². The van der Waals surface area contributed by atoms with Crippen molar-refractivity contribution in [2.24, 2.45) is 5.92 Å². The summed E-state index contributed by atoms with van der Waals surface area (Å²) < 4.78 is 34.1. The molecule has 1 fully saturated rings. The first-order valence-corrected chi connectivity index (χ1v) is 10.6. The standard InChI is InChI=1S/C24H20F2N4O3/c25-15-4-8-19-20(10-15)30-23(29-19)17-7-3-14(9-18(17)26)21-11-28-22(12-27-21)33-16-5-1-13(2-6-16)24(31)32/h3-4,7-13,16H,1-2,5-6H2,(H,29,30)(H,31,32)/t13-,16-. The van der Waals surface area contributed by atoms with Gasteiger partial charge in [-0.1, -0.05) is 6.07 Å². The van der Waals surface area contributed by atoms with Crippen molar-refractivity contribution in [1.82, 2.24) is 19.9 Å². The lowest BCUT2D eigenvalue weighted by Gasteiger charge is -2.26. The maximum Gasteiger partial charge on any atom is 0.306 e. The molecule has 4 aromatic rings. The lowest BCUT2D eigenvalue weighted by Crippen LogP contribution is -2.28. The van der Waals surface area contributed by atoms with Crippen LogP contribution in [0, 0.1) is 17.6 Å². The highest BCUT2D eigenvalue weighted by molar-refractivity contribution is 5.80. The number of ether oxygens (including phenoxy) is 1. The fourth-order valence-electron chi connectivity index (χ4n) is 4.10. The van der Waals surface area contributed by atoms with Crippen LogP contribution >= 0.6 is 0 Å². The van der Waals surface area contributed by atoms with Gasteiger partial charge >= 0.3 is 5.97 Å². The second kappa shape index (κ2) is 8.57. The monoisotopic (exact) mass is 450 g/mol. The minimum Gasteiger partial charge on any atom is -0.481 e. The summed E-state index contributed by atoms with van der Waals surface area (Å²) in [5.41, 5.74) is 2.33. The predicted molar refractivity (Wildman–Crippen MR) is 116 cm³/mol. The molecule has 2 heterocycles. The molecule has 0 aliphatic heterocycles. The number of aromatic nitrogens is 4. The van der Waals surface area contributed by atoms with Crippen LogP contribution in [-0.4, -0.2) is 37.1 Å². The van der Waals surface area contributed by atoms with Gasteiger partial charge in [-0.25, -0.2) is 23.7 Å². The highest BCUT2D eigenvalue weighted by Gasteiger charge is 2.27. The van der Waals surface area contributed by atoms with Crippen molar-refractivity contribution in [1.29, 1.82) is 0 Å². The van der Waals surface area contributed by atoms with E-state index in [2.05, 4.69) is 19.9 Å². The third-order valence-corrected chi connectivity index (χ3v) is 5.90. The number of carboxylic acid groups (broad SMARTS) is 1. The number of nitrogens with one attached hydrogen (secondary N) is 1. The normalized spacial score (nSPS) is 18.4. The van der Waals surface area contributed by atoms with E-state index in [9.17, 15) is 13.6 Å². The molecule has 0 saturated heterocycles. The van der Waals surface area contributed by atoms with E-state index in [-0.39, 0.29) is 17.6 Å². The minimum atomic E-state index is -0.759. The lowest BCUT2D eigenvalue weighted by molar-refractivity contribution is -0.143. The number of aliphatic carboxylic acids is 1. The molecule has 1 aliphatic carbocycles. The van der Waals surface area contributed by atoms with Crippen LogP contribution in [-0.2, 0) is 4.79 Å². The molecule has 0 amide bonds. The zero-order valence-electron chi connectivity index (χ0n) is 17.5. The molecule has 2 aromatic heterocycles. The molecule has 0 spiro atoms. The largest absolute Gasteiger partial charge is 0.481 e. The maximum absolute atomic E-state index is 14.9.